The first-order valence-corrected chi connectivity index (χ1v) is 4.95. The van der Waals surface area contributed by atoms with E-state index in [0.29, 0.717) is 11.8 Å². The van der Waals surface area contributed by atoms with Gasteiger partial charge in [-0.1, -0.05) is 19.9 Å². The van der Waals surface area contributed by atoms with Crippen LogP contribution in [0.15, 0.2) is 12.2 Å². The standard InChI is InChI=1S/C11H18O2/c1-8(2)10-4-6-11(7-5-10)13-9(3)12/h4,6,8,10-11H,5,7H2,1-3H3/t10-,11-/m0/s1. The zero-order valence-electron chi connectivity index (χ0n) is 8.62. The van der Waals surface area contributed by atoms with Crippen molar-refractivity contribution in [3.8, 4) is 0 Å². The molecule has 1 rings (SSSR count). The molecule has 0 aromatic rings. The monoisotopic (exact) mass is 182 g/mol. The molecule has 74 valence electrons. The van der Waals surface area contributed by atoms with Crippen LogP contribution in [0.25, 0.3) is 0 Å². The summed E-state index contributed by atoms with van der Waals surface area (Å²) < 4.78 is 5.09. The van der Waals surface area contributed by atoms with E-state index in [1.807, 2.05) is 6.08 Å². The normalized spacial score (nSPS) is 27.7. The summed E-state index contributed by atoms with van der Waals surface area (Å²) in [5.74, 6) is 1.17. The van der Waals surface area contributed by atoms with E-state index >= 15 is 0 Å². The number of allylic oxidation sites excluding steroid dienone is 1. The second kappa shape index (κ2) is 4.45. The SMILES string of the molecule is CC(=O)O[C@H]1C=C[C@H](C(C)C)CC1. The van der Waals surface area contributed by atoms with Crippen molar-refractivity contribution in [3.63, 3.8) is 0 Å². The van der Waals surface area contributed by atoms with Crippen LogP contribution in [0.3, 0.4) is 0 Å². The van der Waals surface area contributed by atoms with Gasteiger partial charge in [0.2, 0.25) is 0 Å². The van der Waals surface area contributed by atoms with Crippen LogP contribution in [0.1, 0.15) is 33.6 Å². The third-order valence-corrected chi connectivity index (χ3v) is 2.53. The molecule has 0 bridgehead atoms. The molecule has 0 aromatic carbocycles. The van der Waals surface area contributed by atoms with E-state index in [9.17, 15) is 4.79 Å². The molecule has 2 nitrogen and oxygen atoms in total. The molecule has 0 saturated carbocycles. The number of carbonyl (C=O) groups excluding carboxylic acids is 1. The van der Waals surface area contributed by atoms with Gasteiger partial charge in [-0.15, -0.1) is 0 Å². The number of ether oxygens (including phenoxy) is 1. The van der Waals surface area contributed by atoms with Gasteiger partial charge in [0.05, 0.1) is 0 Å². The first-order valence-electron chi connectivity index (χ1n) is 4.95. The van der Waals surface area contributed by atoms with Crippen LogP contribution in [0.4, 0.5) is 0 Å². The van der Waals surface area contributed by atoms with Gasteiger partial charge < -0.3 is 4.74 Å². The van der Waals surface area contributed by atoms with E-state index in [2.05, 4.69) is 19.9 Å². The molecule has 1 aliphatic carbocycles. The van der Waals surface area contributed by atoms with Gasteiger partial charge in [-0.2, -0.15) is 0 Å². The fourth-order valence-corrected chi connectivity index (χ4v) is 1.68. The van der Waals surface area contributed by atoms with Crippen LogP contribution < -0.4 is 0 Å². The van der Waals surface area contributed by atoms with Gasteiger partial charge in [0, 0.05) is 6.92 Å². The van der Waals surface area contributed by atoms with Crippen molar-refractivity contribution in [2.24, 2.45) is 11.8 Å². The second-order valence-corrected chi connectivity index (χ2v) is 4.02. The topological polar surface area (TPSA) is 26.3 Å². The Morgan fingerprint density at radius 3 is 2.46 bits per heavy atom. The fourth-order valence-electron chi connectivity index (χ4n) is 1.68. The molecule has 0 fully saturated rings. The van der Waals surface area contributed by atoms with E-state index in [-0.39, 0.29) is 12.1 Å². The van der Waals surface area contributed by atoms with Crippen molar-refractivity contribution in [1.29, 1.82) is 0 Å². The number of hydrogen-bond acceptors (Lipinski definition) is 2. The lowest BCUT2D eigenvalue weighted by Gasteiger charge is -2.24. The van der Waals surface area contributed by atoms with Gasteiger partial charge in [-0.25, -0.2) is 0 Å². The van der Waals surface area contributed by atoms with E-state index in [1.54, 1.807) is 0 Å². The van der Waals surface area contributed by atoms with Crippen LogP contribution in [0.2, 0.25) is 0 Å². The second-order valence-electron chi connectivity index (χ2n) is 4.02. The van der Waals surface area contributed by atoms with E-state index in [4.69, 9.17) is 4.74 Å². The molecule has 0 radical (unpaired) electrons. The summed E-state index contributed by atoms with van der Waals surface area (Å²) in [6.45, 7) is 5.91. The zero-order chi connectivity index (χ0) is 9.84. The zero-order valence-corrected chi connectivity index (χ0v) is 8.62. The van der Waals surface area contributed by atoms with Crippen LogP contribution in [-0.4, -0.2) is 12.1 Å². The minimum absolute atomic E-state index is 0.0208. The van der Waals surface area contributed by atoms with Crippen LogP contribution in [-0.2, 0) is 9.53 Å². The molecular weight excluding hydrogens is 164 g/mol. The Balaban J connectivity index is 2.42. The van der Waals surface area contributed by atoms with Crippen molar-refractivity contribution in [2.75, 3.05) is 0 Å². The lowest BCUT2D eigenvalue weighted by molar-refractivity contribution is -0.144. The van der Waals surface area contributed by atoms with Gasteiger partial charge in [0.15, 0.2) is 0 Å². The third-order valence-electron chi connectivity index (χ3n) is 2.53. The molecule has 0 aliphatic heterocycles. The van der Waals surface area contributed by atoms with Crippen LogP contribution in [0, 0.1) is 11.8 Å². The molecule has 0 heterocycles. The van der Waals surface area contributed by atoms with Crippen molar-refractivity contribution in [3.05, 3.63) is 12.2 Å². The summed E-state index contributed by atoms with van der Waals surface area (Å²) in [4.78, 5) is 10.7. The number of rotatable bonds is 2. The average Bonchev–Trinajstić information content (AvgIpc) is 2.04. The number of esters is 1. The molecule has 2 heteroatoms. The summed E-state index contributed by atoms with van der Waals surface area (Å²) >= 11 is 0. The molecule has 13 heavy (non-hydrogen) atoms. The van der Waals surface area contributed by atoms with Crippen molar-refractivity contribution in [2.45, 2.75) is 39.7 Å². The summed E-state index contributed by atoms with van der Waals surface area (Å²) in [6, 6.07) is 0. The maximum absolute atomic E-state index is 10.7. The lowest BCUT2D eigenvalue weighted by atomic mass is 9.86. The smallest absolute Gasteiger partial charge is 0.303 e. The van der Waals surface area contributed by atoms with E-state index in [0.717, 1.165) is 12.8 Å². The number of carbonyl (C=O) groups is 1. The third kappa shape index (κ3) is 3.21. The lowest BCUT2D eigenvalue weighted by Crippen LogP contribution is -2.20. The fraction of sp³-hybridized carbons (Fsp3) is 0.727. The van der Waals surface area contributed by atoms with Gasteiger partial charge in [-0.3, -0.25) is 4.79 Å². The van der Waals surface area contributed by atoms with Gasteiger partial charge in [0.1, 0.15) is 6.10 Å². The van der Waals surface area contributed by atoms with E-state index in [1.165, 1.54) is 6.92 Å². The van der Waals surface area contributed by atoms with Crippen LogP contribution >= 0.6 is 0 Å². The minimum Gasteiger partial charge on any atom is -0.458 e. The maximum atomic E-state index is 10.7. The van der Waals surface area contributed by atoms with Gasteiger partial charge in [0.25, 0.3) is 0 Å². The first kappa shape index (κ1) is 10.3. The largest absolute Gasteiger partial charge is 0.458 e. The predicted octanol–water partition coefficient (Wildman–Crippen LogP) is 2.54. The average molecular weight is 182 g/mol. The predicted molar refractivity (Wildman–Crippen MR) is 52.3 cm³/mol. The van der Waals surface area contributed by atoms with Crippen molar-refractivity contribution < 1.29 is 9.53 Å². The Kier molecular flexibility index (Phi) is 3.52. The summed E-state index contributed by atoms with van der Waals surface area (Å²) in [5.41, 5.74) is 0. The molecule has 1 aliphatic rings. The Morgan fingerprint density at radius 1 is 1.38 bits per heavy atom. The maximum Gasteiger partial charge on any atom is 0.303 e. The Morgan fingerprint density at radius 2 is 2.08 bits per heavy atom. The molecular formula is C11H18O2. The molecule has 0 unspecified atom stereocenters. The highest BCUT2D eigenvalue weighted by molar-refractivity contribution is 5.66. The Bertz CT molecular complexity index is 206. The number of hydrogen-bond donors (Lipinski definition) is 0. The van der Waals surface area contributed by atoms with Crippen LogP contribution in [0.5, 0.6) is 0 Å². The molecule has 0 spiro atoms. The summed E-state index contributed by atoms with van der Waals surface area (Å²) in [5, 5.41) is 0. The molecule has 0 saturated heterocycles. The highest BCUT2D eigenvalue weighted by atomic mass is 16.5. The van der Waals surface area contributed by atoms with E-state index < -0.39 is 0 Å². The Hall–Kier alpha value is -0.790. The molecule has 0 N–H and O–H groups in total. The summed E-state index contributed by atoms with van der Waals surface area (Å²) in [6.07, 6.45) is 6.33. The summed E-state index contributed by atoms with van der Waals surface area (Å²) in [7, 11) is 0. The van der Waals surface area contributed by atoms with Gasteiger partial charge in [-0.05, 0) is 30.8 Å². The minimum atomic E-state index is -0.183. The highest BCUT2D eigenvalue weighted by Gasteiger charge is 2.19. The first-order chi connectivity index (χ1) is 6.09. The Labute approximate surface area is 80.0 Å². The highest BCUT2D eigenvalue weighted by Crippen LogP contribution is 2.25. The quantitative estimate of drug-likeness (QED) is 0.484. The molecule has 0 aromatic heterocycles. The van der Waals surface area contributed by atoms with Gasteiger partial charge >= 0.3 is 5.97 Å². The van der Waals surface area contributed by atoms with Crippen molar-refractivity contribution in [1.82, 2.24) is 0 Å². The molecule has 2 atom stereocenters. The molecule has 0 amide bonds. The van der Waals surface area contributed by atoms with Crippen molar-refractivity contribution >= 4 is 5.97 Å².